The van der Waals surface area contributed by atoms with E-state index in [1.807, 2.05) is 0 Å². The zero-order chi connectivity index (χ0) is 10.6. The van der Waals surface area contributed by atoms with Crippen molar-refractivity contribution in [3.63, 3.8) is 0 Å². The van der Waals surface area contributed by atoms with Crippen LogP contribution in [0, 0.1) is 0 Å². The van der Waals surface area contributed by atoms with Gasteiger partial charge in [-0.1, -0.05) is 18.2 Å². The summed E-state index contributed by atoms with van der Waals surface area (Å²) in [5, 5.41) is 0. The van der Waals surface area contributed by atoms with E-state index < -0.39 is 10.5 Å². The minimum absolute atomic E-state index is 0. The predicted octanol–water partition coefficient (Wildman–Crippen LogP) is 1.98. The smallest absolute Gasteiger partial charge is 0.401 e. The standard InChI is InChI=1S/C8H5Cl3O3.Mg.2H/c9-8(10,7(12)14-11)13-6-4-2-1-3-5-6;;;/h1-5H;;;. The SMILES string of the molecule is O=C(OCl)C(Cl)(Cl)Oc1ccccc1.[MgH2]. The van der Waals surface area contributed by atoms with Gasteiger partial charge >= 0.3 is 33.5 Å². The van der Waals surface area contributed by atoms with Crippen LogP contribution < -0.4 is 4.74 Å². The Morgan fingerprint density at radius 2 is 1.73 bits per heavy atom. The van der Waals surface area contributed by atoms with Crippen molar-refractivity contribution >= 4 is 64.1 Å². The number of hydrogen-bond acceptors (Lipinski definition) is 3. The molecule has 80 valence electrons. The first-order valence-electron chi connectivity index (χ1n) is 3.51. The monoisotopic (exact) mass is 280 g/mol. The molecule has 0 aromatic heterocycles. The summed E-state index contributed by atoms with van der Waals surface area (Å²) in [7, 11) is 0. The highest BCUT2D eigenvalue weighted by Gasteiger charge is 2.38. The summed E-state index contributed by atoms with van der Waals surface area (Å²) >= 11 is 15.8. The average molecular weight is 282 g/mol. The highest BCUT2D eigenvalue weighted by atomic mass is 35.5. The zero-order valence-electron chi connectivity index (χ0n) is 6.75. The molecule has 0 aliphatic rings. The maximum atomic E-state index is 10.9. The second-order valence-corrected chi connectivity index (χ2v) is 3.71. The summed E-state index contributed by atoms with van der Waals surface area (Å²) in [6, 6.07) is 8.34. The summed E-state index contributed by atoms with van der Waals surface area (Å²) < 4.78 is 6.62. The summed E-state index contributed by atoms with van der Waals surface area (Å²) in [6.07, 6.45) is 0. The number of rotatable bonds is 3. The van der Waals surface area contributed by atoms with E-state index in [9.17, 15) is 4.79 Å². The van der Waals surface area contributed by atoms with E-state index in [0.717, 1.165) is 0 Å². The molecule has 0 unspecified atom stereocenters. The molecule has 0 radical (unpaired) electrons. The van der Waals surface area contributed by atoms with E-state index in [2.05, 4.69) is 4.29 Å². The van der Waals surface area contributed by atoms with Crippen LogP contribution in [0.2, 0.25) is 0 Å². The van der Waals surface area contributed by atoms with Gasteiger partial charge in [-0.15, -0.1) is 0 Å². The third-order valence-corrected chi connectivity index (χ3v) is 1.90. The molecule has 0 saturated heterocycles. The summed E-state index contributed by atoms with van der Waals surface area (Å²) in [6.45, 7) is 0. The Balaban J connectivity index is 0.00000196. The Hall–Kier alpha value is 0.126. The Bertz CT molecular complexity index is 318. The summed E-state index contributed by atoms with van der Waals surface area (Å²) in [4.78, 5) is 10.9. The first-order valence-corrected chi connectivity index (χ1v) is 4.57. The largest absolute Gasteiger partial charge is 0.449 e. The van der Waals surface area contributed by atoms with Crippen LogP contribution in [-0.4, -0.2) is 33.5 Å². The molecule has 0 atom stereocenters. The lowest BCUT2D eigenvalue weighted by atomic mass is 10.3. The number of hydrogen-bond donors (Lipinski definition) is 0. The number of carbonyl (C=O) groups excluding carboxylic acids is 1. The fourth-order valence-corrected chi connectivity index (χ4v) is 1.17. The fourth-order valence-electron chi connectivity index (χ4n) is 0.723. The van der Waals surface area contributed by atoms with Crippen LogP contribution in [0.3, 0.4) is 0 Å². The first-order chi connectivity index (χ1) is 6.56. The lowest BCUT2D eigenvalue weighted by Gasteiger charge is -2.16. The molecule has 0 aliphatic heterocycles. The van der Waals surface area contributed by atoms with Gasteiger partial charge in [-0.25, -0.2) is 4.79 Å². The van der Waals surface area contributed by atoms with Crippen molar-refractivity contribution in [2.45, 2.75) is 4.52 Å². The highest BCUT2D eigenvalue weighted by molar-refractivity contribution is 6.57. The van der Waals surface area contributed by atoms with Gasteiger partial charge < -0.3 is 9.03 Å². The van der Waals surface area contributed by atoms with Crippen molar-refractivity contribution in [2.75, 3.05) is 0 Å². The number of para-hydroxylation sites is 1. The second-order valence-electron chi connectivity index (χ2n) is 2.30. The molecule has 7 heteroatoms. The number of benzene rings is 1. The van der Waals surface area contributed by atoms with Crippen LogP contribution >= 0.6 is 35.1 Å². The van der Waals surface area contributed by atoms with Gasteiger partial charge in [-0.2, -0.15) is 0 Å². The Morgan fingerprint density at radius 1 is 1.20 bits per heavy atom. The van der Waals surface area contributed by atoms with E-state index >= 15 is 0 Å². The van der Waals surface area contributed by atoms with E-state index in [4.69, 9.17) is 39.8 Å². The minimum Gasteiger partial charge on any atom is -0.449 e. The van der Waals surface area contributed by atoms with Crippen molar-refractivity contribution in [2.24, 2.45) is 0 Å². The zero-order valence-corrected chi connectivity index (χ0v) is 9.01. The molecule has 0 spiro atoms. The summed E-state index contributed by atoms with van der Waals surface area (Å²) in [5.41, 5.74) is 0. The normalized spacial score (nSPS) is 10.1. The van der Waals surface area contributed by atoms with Gasteiger partial charge in [0.25, 0.3) is 0 Å². The van der Waals surface area contributed by atoms with Gasteiger partial charge in [-0.3, -0.25) is 0 Å². The molecule has 0 N–H and O–H groups in total. The van der Waals surface area contributed by atoms with Crippen LogP contribution in [0.1, 0.15) is 0 Å². The number of alkyl halides is 2. The van der Waals surface area contributed by atoms with Gasteiger partial charge in [0.05, 0.1) is 0 Å². The molecule has 0 bridgehead atoms. The molecule has 1 aromatic carbocycles. The van der Waals surface area contributed by atoms with Crippen molar-refractivity contribution in [3.8, 4) is 5.75 Å². The van der Waals surface area contributed by atoms with Gasteiger partial charge in [0, 0.05) is 0 Å². The Kier molecular flexibility index (Phi) is 6.71. The van der Waals surface area contributed by atoms with Crippen molar-refractivity contribution in [1.29, 1.82) is 0 Å². The van der Waals surface area contributed by atoms with E-state index in [1.165, 1.54) is 0 Å². The van der Waals surface area contributed by atoms with Crippen molar-refractivity contribution in [3.05, 3.63) is 30.3 Å². The van der Waals surface area contributed by atoms with Gasteiger partial charge in [0.2, 0.25) is 0 Å². The molecule has 0 aliphatic carbocycles. The van der Waals surface area contributed by atoms with Crippen molar-refractivity contribution < 1.29 is 13.8 Å². The Labute approximate surface area is 118 Å². The molecule has 15 heavy (non-hydrogen) atoms. The maximum Gasteiger partial charge on any atom is 0.401 e. The number of ether oxygens (including phenoxy) is 1. The fraction of sp³-hybridized carbons (Fsp3) is 0.125. The summed E-state index contributed by atoms with van der Waals surface area (Å²) in [5.74, 6) is -0.758. The molecular weight excluding hydrogens is 275 g/mol. The number of halogens is 3. The minimum atomic E-state index is -2.14. The van der Waals surface area contributed by atoms with Crippen LogP contribution in [0.4, 0.5) is 0 Å². The first kappa shape index (κ1) is 15.1. The molecule has 1 aromatic rings. The van der Waals surface area contributed by atoms with Gasteiger partial charge in [-0.05, 0) is 35.3 Å². The molecule has 1 rings (SSSR count). The third-order valence-electron chi connectivity index (χ3n) is 1.30. The average Bonchev–Trinajstić information content (AvgIpc) is 2.17. The third kappa shape index (κ3) is 4.65. The van der Waals surface area contributed by atoms with Crippen LogP contribution in [0.5, 0.6) is 5.75 Å². The van der Waals surface area contributed by atoms with Crippen LogP contribution in [0.15, 0.2) is 30.3 Å². The Morgan fingerprint density at radius 3 is 2.20 bits per heavy atom. The predicted molar refractivity (Wildman–Crippen MR) is 62.0 cm³/mol. The molecule has 3 nitrogen and oxygen atoms in total. The maximum absolute atomic E-state index is 10.9. The second kappa shape index (κ2) is 6.65. The molecule has 0 fully saturated rings. The van der Waals surface area contributed by atoms with E-state index in [1.54, 1.807) is 30.3 Å². The topological polar surface area (TPSA) is 35.5 Å². The molecule has 0 heterocycles. The van der Waals surface area contributed by atoms with Gasteiger partial charge in [0.1, 0.15) is 17.6 Å². The quantitative estimate of drug-likeness (QED) is 0.628. The van der Waals surface area contributed by atoms with Crippen LogP contribution in [-0.2, 0) is 9.08 Å². The molecular formula is C8H7Cl3MgO3. The van der Waals surface area contributed by atoms with E-state index in [-0.39, 0.29) is 23.1 Å². The van der Waals surface area contributed by atoms with Crippen LogP contribution in [0.25, 0.3) is 0 Å². The lowest BCUT2D eigenvalue weighted by molar-refractivity contribution is -0.140. The highest BCUT2D eigenvalue weighted by Crippen LogP contribution is 2.27. The number of carbonyl (C=O) groups is 1. The van der Waals surface area contributed by atoms with E-state index in [0.29, 0.717) is 5.75 Å². The molecule has 0 saturated carbocycles. The lowest BCUT2D eigenvalue weighted by Crippen LogP contribution is -2.32. The van der Waals surface area contributed by atoms with Crippen molar-refractivity contribution in [1.82, 2.24) is 0 Å². The van der Waals surface area contributed by atoms with Gasteiger partial charge in [0.15, 0.2) is 0 Å². The molecule has 0 amide bonds.